The van der Waals surface area contributed by atoms with E-state index in [2.05, 4.69) is 25.3 Å². The molecule has 1 N–H and O–H groups in total. The van der Waals surface area contributed by atoms with Crippen LogP contribution in [0.4, 0.5) is 20.7 Å². The number of benzene rings is 1. The Morgan fingerprint density at radius 3 is 2.39 bits per heavy atom. The first-order chi connectivity index (χ1) is 15.2. The summed E-state index contributed by atoms with van der Waals surface area (Å²) in [6.45, 7) is 3.67. The topological polar surface area (TPSA) is 90.2 Å². The second-order valence-corrected chi connectivity index (χ2v) is 7.48. The lowest BCUT2D eigenvalue weighted by molar-refractivity contribution is 0.0903. The first-order valence-corrected chi connectivity index (χ1v) is 10.4. The highest BCUT2D eigenvalue weighted by molar-refractivity contribution is 5.77. The van der Waals surface area contributed by atoms with Gasteiger partial charge in [0.15, 0.2) is 5.82 Å². The molecule has 0 atom stereocenters. The second kappa shape index (κ2) is 8.67. The minimum Gasteiger partial charge on any atom is -0.381 e. The van der Waals surface area contributed by atoms with Gasteiger partial charge in [-0.1, -0.05) is 12.1 Å². The van der Waals surface area contributed by atoms with Gasteiger partial charge in [0, 0.05) is 32.3 Å². The molecule has 0 radical (unpaired) electrons. The van der Waals surface area contributed by atoms with Gasteiger partial charge in [0.25, 0.3) is 6.43 Å². The maximum atomic E-state index is 13.9. The number of hydrogen-bond acceptors (Lipinski definition) is 8. The summed E-state index contributed by atoms with van der Waals surface area (Å²) in [5, 5.41) is 3.34. The summed E-state index contributed by atoms with van der Waals surface area (Å²) in [5.74, 6) is 0.518. The molecule has 2 fully saturated rings. The van der Waals surface area contributed by atoms with Gasteiger partial charge in [0.1, 0.15) is 0 Å². The predicted octanol–water partition coefficient (Wildman–Crippen LogP) is 2.58. The Labute approximate surface area is 177 Å². The van der Waals surface area contributed by atoms with Crippen LogP contribution in [0.2, 0.25) is 0 Å². The summed E-state index contributed by atoms with van der Waals surface area (Å²) in [5.41, 5.74) is 0.985. The molecule has 31 heavy (non-hydrogen) atoms. The largest absolute Gasteiger partial charge is 0.381 e. The number of imidazole rings is 1. The maximum Gasteiger partial charge on any atom is 0.296 e. The van der Waals surface area contributed by atoms with E-state index >= 15 is 0 Å². The van der Waals surface area contributed by atoms with Gasteiger partial charge >= 0.3 is 0 Å². The number of ether oxygens (including phenoxy) is 2. The minimum atomic E-state index is -2.78. The van der Waals surface area contributed by atoms with Gasteiger partial charge in [-0.2, -0.15) is 15.0 Å². The van der Waals surface area contributed by atoms with Crippen molar-refractivity contribution in [1.29, 1.82) is 0 Å². The van der Waals surface area contributed by atoms with E-state index < -0.39 is 12.2 Å². The van der Waals surface area contributed by atoms with E-state index in [0.717, 1.165) is 12.8 Å². The molecule has 2 aliphatic heterocycles. The van der Waals surface area contributed by atoms with Crippen molar-refractivity contribution in [3.8, 4) is 5.95 Å². The third-order valence-corrected chi connectivity index (χ3v) is 5.44. The van der Waals surface area contributed by atoms with E-state index in [0.29, 0.717) is 62.4 Å². The summed E-state index contributed by atoms with van der Waals surface area (Å²) in [4.78, 5) is 19.8. The molecule has 11 heteroatoms. The van der Waals surface area contributed by atoms with Crippen molar-refractivity contribution < 1.29 is 18.3 Å². The zero-order valence-corrected chi connectivity index (χ0v) is 16.9. The fraction of sp³-hybridized carbons (Fsp3) is 0.500. The van der Waals surface area contributed by atoms with Gasteiger partial charge in [-0.05, 0) is 25.0 Å². The SMILES string of the molecule is FC(F)c1nc2ccccc2n1-c1nc(NC2CCOCC2)nc(N2CCOCC2)n1. The van der Waals surface area contributed by atoms with E-state index in [9.17, 15) is 8.78 Å². The van der Waals surface area contributed by atoms with Crippen LogP contribution in [0.5, 0.6) is 0 Å². The van der Waals surface area contributed by atoms with Gasteiger partial charge in [-0.25, -0.2) is 13.8 Å². The van der Waals surface area contributed by atoms with Crippen molar-refractivity contribution in [3.05, 3.63) is 30.1 Å². The number of aromatic nitrogens is 5. The van der Waals surface area contributed by atoms with Crippen LogP contribution in [-0.4, -0.2) is 70.1 Å². The first-order valence-electron chi connectivity index (χ1n) is 10.4. The Hall–Kier alpha value is -2.92. The molecule has 0 amide bonds. The molecule has 5 rings (SSSR count). The number of morpholine rings is 1. The highest BCUT2D eigenvalue weighted by Gasteiger charge is 2.25. The summed E-state index contributed by atoms with van der Waals surface area (Å²) in [6, 6.07) is 7.12. The Morgan fingerprint density at radius 1 is 0.903 bits per heavy atom. The lowest BCUT2D eigenvalue weighted by Gasteiger charge is -2.28. The van der Waals surface area contributed by atoms with E-state index in [1.54, 1.807) is 24.3 Å². The van der Waals surface area contributed by atoms with Crippen molar-refractivity contribution >= 4 is 22.9 Å². The summed E-state index contributed by atoms with van der Waals surface area (Å²) in [7, 11) is 0. The Bertz CT molecular complexity index is 1050. The Kier molecular flexibility index (Phi) is 5.60. The number of anilines is 2. The predicted molar refractivity (Wildman–Crippen MR) is 110 cm³/mol. The van der Waals surface area contributed by atoms with E-state index in [1.807, 2.05) is 4.90 Å². The van der Waals surface area contributed by atoms with Gasteiger partial charge in [-0.15, -0.1) is 0 Å². The molecule has 2 aliphatic rings. The van der Waals surface area contributed by atoms with Crippen LogP contribution in [0, 0.1) is 0 Å². The molecule has 4 heterocycles. The van der Waals surface area contributed by atoms with Crippen molar-refractivity contribution in [3.63, 3.8) is 0 Å². The van der Waals surface area contributed by atoms with E-state index in [-0.39, 0.29) is 12.0 Å². The normalized spacial score (nSPS) is 18.1. The quantitative estimate of drug-likeness (QED) is 0.659. The molecule has 2 saturated heterocycles. The molecule has 164 valence electrons. The van der Waals surface area contributed by atoms with E-state index in [4.69, 9.17) is 9.47 Å². The molecular weight excluding hydrogens is 408 g/mol. The molecule has 0 saturated carbocycles. The summed E-state index contributed by atoms with van der Waals surface area (Å²) < 4.78 is 39.9. The highest BCUT2D eigenvalue weighted by atomic mass is 19.3. The average Bonchev–Trinajstić information content (AvgIpc) is 3.20. The third-order valence-electron chi connectivity index (χ3n) is 5.44. The Morgan fingerprint density at radius 2 is 1.61 bits per heavy atom. The number of para-hydroxylation sites is 2. The highest BCUT2D eigenvalue weighted by Crippen LogP contribution is 2.28. The van der Waals surface area contributed by atoms with Crippen molar-refractivity contribution in [2.45, 2.75) is 25.3 Å². The number of nitrogens with zero attached hydrogens (tertiary/aromatic N) is 6. The fourth-order valence-corrected chi connectivity index (χ4v) is 3.85. The van der Waals surface area contributed by atoms with Gasteiger partial charge in [0.05, 0.1) is 24.2 Å². The standard InChI is InChI=1S/C20H23F2N7O2/c21-16(22)17-24-14-3-1-2-4-15(14)29(17)20-26-18(23-13-5-9-30-10-6-13)25-19(27-20)28-7-11-31-12-8-28/h1-4,13,16H,5-12H2,(H,23,25,26,27). The zero-order valence-electron chi connectivity index (χ0n) is 16.9. The number of rotatable bonds is 5. The lowest BCUT2D eigenvalue weighted by atomic mass is 10.1. The van der Waals surface area contributed by atoms with E-state index in [1.165, 1.54) is 4.57 Å². The van der Waals surface area contributed by atoms with Crippen LogP contribution in [0.15, 0.2) is 24.3 Å². The molecule has 0 aliphatic carbocycles. The first kappa shape index (κ1) is 20.0. The molecule has 0 spiro atoms. The molecule has 0 unspecified atom stereocenters. The van der Waals surface area contributed by atoms with Crippen molar-refractivity contribution in [2.75, 3.05) is 49.7 Å². The van der Waals surface area contributed by atoms with Crippen molar-refractivity contribution in [1.82, 2.24) is 24.5 Å². The number of hydrogen-bond donors (Lipinski definition) is 1. The molecule has 1 aromatic carbocycles. The number of alkyl halides is 2. The third kappa shape index (κ3) is 4.15. The monoisotopic (exact) mass is 431 g/mol. The van der Waals surface area contributed by atoms with Gasteiger partial charge < -0.3 is 19.7 Å². The number of nitrogens with one attached hydrogen (secondary N) is 1. The van der Waals surface area contributed by atoms with Crippen LogP contribution in [0.25, 0.3) is 17.0 Å². The van der Waals surface area contributed by atoms with Crippen LogP contribution in [0.3, 0.4) is 0 Å². The minimum absolute atomic E-state index is 0.120. The van der Waals surface area contributed by atoms with Crippen LogP contribution in [-0.2, 0) is 9.47 Å². The van der Waals surface area contributed by atoms with Crippen LogP contribution in [0.1, 0.15) is 25.1 Å². The lowest BCUT2D eigenvalue weighted by Crippen LogP contribution is -2.38. The van der Waals surface area contributed by atoms with Crippen LogP contribution < -0.4 is 10.2 Å². The van der Waals surface area contributed by atoms with Crippen molar-refractivity contribution in [2.24, 2.45) is 0 Å². The maximum absolute atomic E-state index is 13.9. The molecule has 2 aromatic heterocycles. The van der Waals surface area contributed by atoms with Crippen LogP contribution >= 0.6 is 0 Å². The Balaban J connectivity index is 1.61. The fourth-order valence-electron chi connectivity index (χ4n) is 3.85. The second-order valence-electron chi connectivity index (χ2n) is 7.48. The summed E-state index contributed by atoms with van der Waals surface area (Å²) >= 11 is 0. The molecular formula is C20H23F2N7O2. The number of halogens is 2. The average molecular weight is 431 g/mol. The van der Waals surface area contributed by atoms with Gasteiger partial charge in [-0.3, -0.25) is 4.57 Å². The molecule has 3 aromatic rings. The summed E-state index contributed by atoms with van der Waals surface area (Å²) in [6.07, 6.45) is -1.13. The molecule has 0 bridgehead atoms. The molecule has 9 nitrogen and oxygen atoms in total. The van der Waals surface area contributed by atoms with Gasteiger partial charge in [0.2, 0.25) is 17.8 Å². The smallest absolute Gasteiger partial charge is 0.296 e. The number of fused-ring (bicyclic) bond motifs is 1. The zero-order chi connectivity index (χ0) is 21.2.